The second kappa shape index (κ2) is 5.99. The van der Waals surface area contributed by atoms with Crippen molar-refractivity contribution in [1.29, 1.82) is 0 Å². The number of carbonyl (C=O) groups excluding carboxylic acids is 1. The van der Waals surface area contributed by atoms with Crippen molar-refractivity contribution in [3.8, 4) is 5.75 Å². The predicted molar refractivity (Wildman–Crippen MR) is 67.3 cm³/mol. The fourth-order valence-electron chi connectivity index (χ4n) is 2.39. The molecule has 19 heavy (non-hydrogen) atoms. The molecule has 2 rings (SSSR count). The molecule has 1 aromatic carbocycles. The van der Waals surface area contributed by atoms with E-state index in [1.54, 1.807) is 0 Å². The second-order valence-electron chi connectivity index (χ2n) is 4.99. The van der Waals surface area contributed by atoms with Crippen LogP contribution in [0.3, 0.4) is 0 Å². The fraction of sp³-hybridized carbons (Fsp3) is 0.500. The number of hydrogen-bond acceptors (Lipinski definition) is 2. The van der Waals surface area contributed by atoms with Crippen molar-refractivity contribution in [2.75, 3.05) is 0 Å². The molecule has 1 aromatic rings. The molecule has 0 spiro atoms. The molecule has 1 saturated carbocycles. The SMILES string of the molecule is CC1CCC(NC(=O)c2ccc(OC(F)F)cc2)C1. The zero-order chi connectivity index (χ0) is 13.8. The van der Waals surface area contributed by atoms with E-state index >= 15 is 0 Å². The summed E-state index contributed by atoms with van der Waals surface area (Å²) in [5.41, 5.74) is 0.459. The smallest absolute Gasteiger partial charge is 0.387 e. The van der Waals surface area contributed by atoms with Crippen molar-refractivity contribution >= 4 is 5.91 Å². The van der Waals surface area contributed by atoms with Crippen LogP contribution < -0.4 is 10.1 Å². The second-order valence-corrected chi connectivity index (χ2v) is 4.99. The highest BCUT2D eigenvalue weighted by molar-refractivity contribution is 5.94. The van der Waals surface area contributed by atoms with Gasteiger partial charge in [0, 0.05) is 11.6 Å². The molecule has 1 aliphatic rings. The molecule has 2 atom stereocenters. The zero-order valence-corrected chi connectivity index (χ0v) is 10.7. The van der Waals surface area contributed by atoms with Crippen molar-refractivity contribution in [3.63, 3.8) is 0 Å². The molecule has 5 heteroatoms. The van der Waals surface area contributed by atoms with Crippen LogP contribution >= 0.6 is 0 Å². The van der Waals surface area contributed by atoms with Gasteiger partial charge in [0.1, 0.15) is 5.75 Å². The van der Waals surface area contributed by atoms with E-state index in [9.17, 15) is 13.6 Å². The summed E-state index contributed by atoms with van der Waals surface area (Å²) in [4.78, 5) is 11.9. The van der Waals surface area contributed by atoms with Crippen LogP contribution in [0.25, 0.3) is 0 Å². The van der Waals surface area contributed by atoms with Gasteiger partial charge in [0.25, 0.3) is 5.91 Å². The number of alkyl halides is 2. The molecule has 1 N–H and O–H groups in total. The lowest BCUT2D eigenvalue weighted by molar-refractivity contribution is -0.0498. The summed E-state index contributed by atoms with van der Waals surface area (Å²) < 4.78 is 28.2. The lowest BCUT2D eigenvalue weighted by atomic mass is 10.1. The highest BCUT2D eigenvalue weighted by Gasteiger charge is 2.23. The van der Waals surface area contributed by atoms with Crippen molar-refractivity contribution in [2.45, 2.75) is 38.8 Å². The first-order valence-corrected chi connectivity index (χ1v) is 6.40. The molecule has 2 unspecified atom stereocenters. The highest BCUT2D eigenvalue weighted by Crippen LogP contribution is 2.25. The molecular weight excluding hydrogens is 252 g/mol. The van der Waals surface area contributed by atoms with Gasteiger partial charge in [-0.3, -0.25) is 4.79 Å². The Labute approximate surface area is 111 Å². The third-order valence-electron chi connectivity index (χ3n) is 3.37. The van der Waals surface area contributed by atoms with E-state index in [1.165, 1.54) is 24.3 Å². The summed E-state index contributed by atoms with van der Waals surface area (Å²) in [5.74, 6) is 0.538. The predicted octanol–water partition coefficient (Wildman–Crippen LogP) is 3.21. The number of benzene rings is 1. The van der Waals surface area contributed by atoms with Crippen LogP contribution in [-0.4, -0.2) is 18.6 Å². The maximum atomic E-state index is 12.0. The molecule has 1 aliphatic carbocycles. The van der Waals surface area contributed by atoms with E-state index in [-0.39, 0.29) is 17.7 Å². The van der Waals surface area contributed by atoms with Gasteiger partial charge in [-0.25, -0.2) is 0 Å². The van der Waals surface area contributed by atoms with Crippen LogP contribution in [-0.2, 0) is 0 Å². The molecule has 1 fully saturated rings. The van der Waals surface area contributed by atoms with Crippen molar-refractivity contribution in [2.24, 2.45) is 5.92 Å². The molecule has 3 nitrogen and oxygen atoms in total. The van der Waals surface area contributed by atoms with Gasteiger partial charge in [-0.1, -0.05) is 6.92 Å². The first-order chi connectivity index (χ1) is 9.04. The summed E-state index contributed by atoms with van der Waals surface area (Å²) in [6.07, 6.45) is 3.13. The normalized spacial score (nSPS) is 22.5. The standard InChI is InChI=1S/C14H17F2NO2/c1-9-2-5-11(8-9)17-13(18)10-3-6-12(7-4-10)19-14(15)16/h3-4,6-7,9,11,14H,2,5,8H2,1H3,(H,17,18). The van der Waals surface area contributed by atoms with Gasteiger partial charge in [0.05, 0.1) is 0 Å². The molecule has 1 amide bonds. The Morgan fingerprint density at radius 1 is 1.32 bits per heavy atom. The van der Waals surface area contributed by atoms with E-state index in [4.69, 9.17) is 0 Å². The molecule has 0 aromatic heterocycles. The van der Waals surface area contributed by atoms with Gasteiger partial charge >= 0.3 is 6.61 Å². The zero-order valence-electron chi connectivity index (χ0n) is 10.7. The van der Waals surface area contributed by atoms with Gasteiger partial charge in [0.15, 0.2) is 0 Å². The maximum absolute atomic E-state index is 12.0. The number of ether oxygens (including phenoxy) is 1. The highest BCUT2D eigenvalue weighted by atomic mass is 19.3. The van der Waals surface area contributed by atoms with Crippen molar-refractivity contribution < 1.29 is 18.3 Å². The maximum Gasteiger partial charge on any atom is 0.387 e. The van der Waals surface area contributed by atoms with Crippen LogP contribution in [0.15, 0.2) is 24.3 Å². The summed E-state index contributed by atoms with van der Waals surface area (Å²) in [7, 11) is 0. The molecule has 0 heterocycles. The molecular formula is C14H17F2NO2. The lowest BCUT2D eigenvalue weighted by Gasteiger charge is -2.12. The van der Waals surface area contributed by atoms with E-state index < -0.39 is 6.61 Å². The number of rotatable bonds is 4. The van der Waals surface area contributed by atoms with E-state index in [1.807, 2.05) is 0 Å². The minimum atomic E-state index is -2.85. The van der Waals surface area contributed by atoms with Crippen molar-refractivity contribution in [3.05, 3.63) is 29.8 Å². The van der Waals surface area contributed by atoms with Gasteiger partial charge in [-0.2, -0.15) is 8.78 Å². The average Bonchev–Trinajstić information content (AvgIpc) is 2.75. The third kappa shape index (κ3) is 3.91. The first-order valence-electron chi connectivity index (χ1n) is 6.40. The van der Waals surface area contributed by atoms with Crippen LogP contribution in [0.1, 0.15) is 36.5 Å². The number of hydrogen-bond donors (Lipinski definition) is 1. The van der Waals surface area contributed by atoms with Crippen LogP contribution in [0.2, 0.25) is 0 Å². The number of nitrogens with one attached hydrogen (secondary N) is 1. The Bertz CT molecular complexity index is 434. The molecule has 0 aliphatic heterocycles. The fourth-order valence-corrected chi connectivity index (χ4v) is 2.39. The Kier molecular flexibility index (Phi) is 4.35. The Morgan fingerprint density at radius 2 is 2.00 bits per heavy atom. The summed E-state index contributed by atoms with van der Waals surface area (Å²) in [6, 6.07) is 5.95. The number of amides is 1. The summed E-state index contributed by atoms with van der Waals surface area (Å²) in [6.45, 7) is -0.678. The third-order valence-corrected chi connectivity index (χ3v) is 3.37. The minimum absolute atomic E-state index is 0.0565. The Morgan fingerprint density at radius 3 is 2.53 bits per heavy atom. The number of halogens is 2. The van der Waals surface area contributed by atoms with Gasteiger partial charge in [-0.05, 0) is 49.4 Å². The van der Waals surface area contributed by atoms with E-state index in [0.717, 1.165) is 19.3 Å². The lowest BCUT2D eigenvalue weighted by Crippen LogP contribution is -2.32. The number of carbonyl (C=O) groups is 1. The van der Waals surface area contributed by atoms with Crippen LogP contribution in [0, 0.1) is 5.92 Å². The van der Waals surface area contributed by atoms with E-state index in [0.29, 0.717) is 11.5 Å². The quantitative estimate of drug-likeness (QED) is 0.911. The minimum Gasteiger partial charge on any atom is -0.435 e. The largest absolute Gasteiger partial charge is 0.435 e. The van der Waals surface area contributed by atoms with Gasteiger partial charge < -0.3 is 10.1 Å². The van der Waals surface area contributed by atoms with E-state index in [2.05, 4.69) is 17.0 Å². The van der Waals surface area contributed by atoms with Gasteiger partial charge in [0.2, 0.25) is 0 Å². The monoisotopic (exact) mass is 269 g/mol. The van der Waals surface area contributed by atoms with Crippen LogP contribution in [0.5, 0.6) is 5.75 Å². The molecule has 0 bridgehead atoms. The molecule has 0 saturated heterocycles. The van der Waals surface area contributed by atoms with Gasteiger partial charge in [-0.15, -0.1) is 0 Å². The topological polar surface area (TPSA) is 38.3 Å². The van der Waals surface area contributed by atoms with Crippen molar-refractivity contribution in [1.82, 2.24) is 5.32 Å². The van der Waals surface area contributed by atoms with Crippen LogP contribution in [0.4, 0.5) is 8.78 Å². The molecule has 104 valence electrons. The first kappa shape index (κ1) is 13.8. The summed E-state index contributed by atoms with van der Waals surface area (Å²) >= 11 is 0. The Hall–Kier alpha value is -1.65. The molecule has 0 radical (unpaired) electrons. The Balaban J connectivity index is 1.92. The average molecular weight is 269 g/mol. The summed E-state index contributed by atoms with van der Waals surface area (Å²) in [5, 5.41) is 2.96.